The van der Waals surface area contributed by atoms with E-state index in [0.29, 0.717) is 18.9 Å². The molecule has 0 saturated carbocycles. The monoisotopic (exact) mass is 478 g/mol. The van der Waals surface area contributed by atoms with Gasteiger partial charge in [0.2, 0.25) is 5.96 Å². The van der Waals surface area contributed by atoms with Gasteiger partial charge in [0, 0.05) is 68.2 Å². The van der Waals surface area contributed by atoms with Crippen molar-refractivity contribution in [2.45, 2.75) is 13.0 Å². The maximum absolute atomic E-state index is 13.0. The number of rotatable bonds is 3. The average Bonchev–Trinajstić information content (AvgIpc) is 3.31. The molecule has 0 spiro atoms. The Morgan fingerprint density at radius 2 is 1.88 bits per heavy atom. The van der Waals surface area contributed by atoms with Crippen molar-refractivity contribution in [1.82, 2.24) is 10.2 Å². The third-order valence-electron chi connectivity index (χ3n) is 6.08. The Kier molecular flexibility index (Phi) is 7.33. The van der Waals surface area contributed by atoms with Gasteiger partial charge < -0.3 is 25.2 Å². The zero-order valence-corrected chi connectivity index (χ0v) is 20.0. The summed E-state index contributed by atoms with van der Waals surface area (Å²) in [6.45, 7) is 7.04. The second-order valence-corrected chi connectivity index (χ2v) is 9.49. The number of thiophene rings is 1. The number of piperazine rings is 1. The van der Waals surface area contributed by atoms with Crippen LogP contribution in [0.15, 0.2) is 46.4 Å². The zero-order valence-electron chi connectivity index (χ0n) is 19.2. The van der Waals surface area contributed by atoms with Gasteiger partial charge in [0.25, 0.3) is 5.91 Å². The number of anilines is 2. The zero-order chi connectivity index (χ0) is 23.2. The Hall–Kier alpha value is -3.01. The molecule has 1 aromatic heterocycles. The topological polar surface area (TPSA) is 81.6 Å². The van der Waals surface area contributed by atoms with E-state index >= 15 is 0 Å². The van der Waals surface area contributed by atoms with Crippen LogP contribution in [-0.4, -0.2) is 75.5 Å². The van der Waals surface area contributed by atoms with Crippen LogP contribution in [0.4, 0.5) is 11.4 Å². The summed E-state index contributed by atoms with van der Waals surface area (Å²) in [5.41, 5.74) is 3.19. The lowest BCUT2D eigenvalue weighted by molar-refractivity contribution is 0.0740. The molecule has 2 fully saturated rings. The van der Waals surface area contributed by atoms with E-state index in [9.17, 15) is 4.79 Å². The number of carbonyl (C=O) groups excluding carboxylic acids is 1. The van der Waals surface area contributed by atoms with Gasteiger partial charge in [0.1, 0.15) is 0 Å². The predicted octanol–water partition coefficient (Wildman–Crippen LogP) is 3.09. The number of allylic oxidation sites excluding steroid dienone is 1. The fourth-order valence-electron chi connectivity index (χ4n) is 4.19. The molecule has 9 heteroatoms. The first kappa shape index (κ1) is 22.8. The van der Waals surface area contributed by atoms with E-state index in [2.05, 4.69) is 56.9 Å². The molecule has 0 atom stereocenters. The van der Waals surface area contributed by atoms with Gasteiger partial charge in [-0.25, -0.2) is 9.98 Å². The Morgan fingerprint density at radius 3 is 2.68 bits per heavy atom. The van der Waals surface area contributed by atoms with Crippen LogP contribution in [0.5, 0.6) is 0 Å². The highest BCUT2D eigenvalue weighted by Gasteiger charge is 2.21. The van der Waals surface area contributed by atoms with E-state index in [1.54, 1.807) is 11.3 Å². The first-order valence-corrected chi connectivity index (χ1v) is 12.6. The minimum atomic E-state index is 0.112. The van der Waals surface area contributed by atoms with Crippen LogP contribution < -0.4 is 15.5 Å². The van der Waals surface area contributed by atoms with E-state index in [4.69, 9.17) is 9.73 Å². The van der Waals surface area contributed by atoms with Crippen molar-refractivity contribution in [1.29, 1.82) is 0 Å². The summed E-state index contributed by atoms with van der Waals surface area (Å²) >= 11 is 1.55. The van der Waals surface area contributed by atoms with Gasteiger partial charge >= 0.3 is 0 Å². The largest absolute Gasteiger partial charge is 0.378 e. The van der Waals surface area contributed by atoms with Crippen LogP contribution in [0, 0.1) is 0 Å². The second kappa shape index (κ2) is 10.9. The highest BCUT2D eigenvalue weighted by atomic mass is 32.1. The van der Waals surface area contributed by atoms with Crippen molar-refractivity contribution in [3.8, 4) is 0 Å². The molecule has 2 saturated heterocycles. The smallest absolute Gasteiger partial charge is 0.264 e. The second-order valence-electron chi connectivity index (χ2n) is 8.40. The molecule has 4 heterocycles. The van der Waals surface area contributed by atoms with Gasteiger partial charge in [-0.3, -0.25) is 4.79 Å². The number of hydrogen-bond acceptors (Lipinski definition) is 8. The minimum Gasteiger partial charge on any atom is -0.378 e. The fourth-order valence-corrected chi connectivity index (χ4v) is 5.26. The maximum Gasteiger partial charge on any atom is 0.264 e. The summed E-state index contributed by atoms with van der Waals surface area (Å²) < 4.78 is 5.44. The van der Waals surface area contributed by atoms with Gasteiger partial charge in [-0.05, 0) is 42.0 Å². The van der Waals surface area contributed by atoms with Gasteiger partial charge in [-0.2, -0.15) is 0 Å². The van der Waals surface area contributed by atoms with E-state index in [1.165, 1.54) is 5.69 Å². The number of morpholine rings is 1. The van der Waals surface area contributed by atoms with Crippen LogP contribution >= 0.6 is 11.3 Å². The molecule has 2 aromatic rings. The van der Waals surface area contributed by atoms with Gasteiger partial charge in [0.05, 0.1) is 24.6 Å². The molecule has 5 rings (SSSR count). The molecule has 0 bridgehead atoms. The molecule has 2 N–H and O–H groups in total. The lowest BCUT2D eigenvalue weighted by Gasteiger charge is -2.28. The van der Waals surface area contributed by atoms with Crippen molar-refractivity contribution in [3.63, 3.8) is 0 Å². The summed E-state index contributed by atoms with van der Waals surface area (Å²) in [5.74, 6) is 0.683. The summed E-state index contributed by atoms with van der Waals surface area (Å²) in [6.07, 6.45) is 6.72. The Morgan fingerprint density at radius 1 is 1.09 bits per heavy atom. The van der Waals surface area contributed by atoms with Crippen molar-refractivity contribution in [2.75, 3.05) is 62.7 Å². The molecule has 178 valence electrons. The molecular weight excluding hydrogens is 448 g/mol. The molecule has 3 aliphatic rings. The predicted molar refractivity (Wildman–Crippen MR) is 139 cm³/mol. The summed E-state index contributed by atoms with van der Waals surface area (Å²) in [6, 6.07) is 10.3. The summed E-state index contributed by atoms with van der Waals surface area (Å²) in [5, 5.41) is 6.64. The van der Waals surface area contributed by atoms with E-state index in [0.717, 1.165) is 73.5 Å². The molecule has 34 heavy (non-hydrogen) atoms. The third kappa shape index (κ3) is 5.55. The molecule has 1 aromatic carbocycles. The Bertz CT molecular complexity index is 1080. The Balaban J connectivity index is 1.29. The van der Waals surface area contributed by atoms with Gasteiger partial charge in [-0.1, -0.05) is 6.08 Å². The van der Waals surface area contributed by atoms with Crippen molar-refractivity contribution in [2.24, 2.45) is 9.98 Å². The van der Waals surface area contributed by atoms with Crippen LogP contribution in [-0.2, 0) is 11.3 Å². The standard InChI is InChI=1S/C25H30N6O2S/c32-24(31-11-9-26-10-12-31)23-17-19-18-28-25(27-8-2-1-3-22(19)34-23)29-20-4-6-21(7-5-20)30-13-15-33-16-14-30/h1,3-8,17,26H,2,9-16,18H2,(H,28,29)/b3-1-,27-8?. The van der Waals surface area contributed by atoms with Crippen molar-refractivity contribution < 1.29 is 9.53 Å². The normalized spacial score (nSPS) is 19.8. The van der Waals surface area contributed by atoms with E-state index in [-0.39, 0.29) is 5.91 Å². The molecule has 0 aliphatic carbocycles. The lowest BCUT2D eigenvalue weighted by Crippen LogP contribution is -2.46. The van der Waals surface area contributed by atoms with E-state index in [1.807, 2.05) is 17.2 Å². The number of hydrogen-bond donors (Lipinski definition) is 2. The number of ether oxygens (including phenoxy) is 1. The number of benzene rings is 1. The molecule has 8 nitrogen and oxygen atoms in total. The highest BCUT2D eigenvalue weighted by molar-refractivity contribution is 7.15. The SMILES string of the molecule is O=C(c1cc2c(s1)/C=C\CC=NC(Nc1ccc(N3CCOCC3)cc1)=NC2)N1CCNCC1. The fraction of sp³-hybridized carbons (Fsp3) is 0.400. The quantitative estimate of drug-likeness (QED) is 0.709. The summed E-state index contributed by atoms with van der Waals surface area (Å²) in [4.78, 5) is 28.4. The molecule has 0 unspecified atom stereocenters. The number of amides is 1. The van der Waals surface area contributed by atoms with Crippen LogP contribution in [0.2, 0.25) is 0 Å². The van der Waals surface area contributed by atoms with Crippen molar-refractivity contribution >= 4 is 46.9 Å². The first-order chi connectivity index (χ1) is 16.8. The molecule has 3 aliphatic heterocycles. The molecule has 1 amide bonds. The highest BCUT2D eigenvalue weighted by Crippen LogP contribution is 2.27. The first-order valence-electron chi connectivity index (χ1n) is 11.8. The number of fused-ring (bicyclic) bond motifs is 1. The van der Waals surface area contributed by atoms with Gasteiger partial charge in [0.15, 0.2) is 0 Å². The minimum absolute atomic E-state index is 0.112. The van der Waals surface area contributed by atoms with Crippen LogP contribution in [0.1, 0.15) is 26.5 Å². The van der Waals surface area contributed by atoms with E-state index < -0.39 is 0 Å². The van der Waals surface area contributed by atoms with Crippen LogP contribution in [0.25, 0.3) is 6.08 Å². The van der Waals surface area contributed by atoms with Crippen molar-refractivity contribution in [3.05, 3.63) is 51.7 Å². The number of carbonyl (C=O) groups is 1. The number of guanidine groups is 1. The average molecular weight is 479 g/mol. The van der Waals surface area contributed by atoms with Gasteiger partial charge in [-0.15, -0.1) is 11.3 Å². The maximum atomic E-state index is 13.0. The number of nitrogens with zero attached hydrogens (tertiary/aromatic N) is 4. The Labute approximate surface area is 204 Å². The number of aliphatic imine (C=N–C) groups is 2. The number of nitrogens with one attached hydrogen (secondary N) is 2. The molecule has 0 radical (unpaired) electrons. The third-order valence-corrected chi connectivity index (χ3v) is 7.21. The molecular formula is C25H30N6O2S. The summed E-state index contributed by atoms with van der Waals surface area (Å²) in [7, 11) is 0. The lowest BCUT2D eigenvalue weighted by atomic mass is 10.2. The van der Waals surface area contributed by atoms with Crippen LogP contribution in [0.3, 0.4) is 0 Å².